The average molecular weight is 394 g/mol. The zero-order chi connectivity index (χ0) is 20.4. The van der Waals surface area contributed by atoms with Crippen LogP contribution in [0.2, 0.25) is 0 Å². The topological polar surface area (TPSA) is 26.3 Å². The second-order valence-corrected chi connectivity index (χ2v) is 5.32. The number of esters is 1. The molecule has 13 heteroatoms. The molecule has 0 bridgehead atoms. The lowest BCUT2D eigenvalue weighted by molar-refractivity contribution is -0.489. The van der Waals surface area contributed by atoms with Crippen molar-refractivity contribution < 1.29 is 57.8 Å². The highest BCUT2D eigenvalue weighted by atomic mass is 19.4. The van der Waals surface area contributed by atoms with Gasteiger partial charge in [0, 0.05) is 11.5 Å². The van der Waals surface area contributed by atoms with Crippen LogP contribution in [0.3, 0.4) is 0 Å². The molecule has 1 saturated carbocycles. The molecule has 0 N–H and O–H groups in total. The molecule has 0 heterocycles. The van der Waals surface area contributed by atoms with Gasteiger partial charge in [-0.1, -0.05) is 13.5 Å². The van der Waals surface area contributed by atoms with Gasteiger partial charge in [-0.2, -0.15) is 43.9 Å². The number of carbonyl (C=O) groups excluding carboxylic acids is 1. The maximum Gasteiger partial charge on any atom is 0.384 e. The summed E-state index contributed by atoms with van der Waals surface area (Å²) in [6, 6.07) is 0. The van der Waals surface area contributed by atoms with Crippen molar-refractivity contribution in [2.24, 2.45) is 5.92 Å². The summed E-state index contributed by atoms with van der Waals surface area (Å²) in [4.78, 5) is 11.1. The van der Waals surface area contributed by atoms with Gasteiger partial charge in [-0.25, -0.2) is 9.18 Å². The SMILES string of the molecule is C=C(C(=O)OC)C(C)C1(F)C(F)(F)C(F)(F)C(F)(F)C(F)(F)C1(F)F. The molecule has 2 nitrogen and oxygen atoms in total. The zero-order valence-electron chi connectivity index (χ0n) is 12.3. The molecule has 1 aliphatic rings. The smallest absolute Gasteiger partial charge is 0.384 e. The van der Waals surface area contributed by atoms with Crippen molar-refractivity contribution >= 4 is 5.97 Å². The van der Waals surface area contributed by atoms with Gasteiger partial charge in [0.2, 0.25) is 0 Å². The summed E-state index contributed by atoms with van der Waals surface area (Å²) in [5.41, 5.74) is -7.96. The largest absolute Gasteiger partial charge is 0.466 e. The Kier molecular flexibility index (Phi) is 4.49. The molecular weight excluding hydrogens is 385 g/mol. The third kappa shape index (κ3) is 2.00. The summed E-state index contributed by atoms with van der Waals surface area (Å²) in [6.45, 7) is 2.46. The van der Waals surface area contributed by atoms with Gasteiger partial charge in [-0.15, -0.1) is 0 Å². The average Bonchev–Trinajstić information content (AvgIpc) is 2.49. The first kappa shape index (κ1) is 21.5. The van der Waals surface area contributed by atoms with Crippen molar-refractivity contribution in [3.8, 4) is 0 Å². The first-order valence-electron chi connectivity index (χ1n) is 6.15. The molecule has 1 unspecified atom stereocenters. The maximum atomic E-state index is 14.5. The van der Waals surface area contributed by atoms with Gasteiger partial charge in [-0.3, -0.25) is 0 Å². The lowest BCUT2D eigenvalue weighted by Crippen LogP contribution is -2.85. The lowest BCUT2D eigenvalue weighted by atomic mass is 9.65. The first-order chi connectivity index (χ1) is 10.8. The third-order valence-electron chi connectivity index (χ3n) is 4.06. The van der Waals surface area contributed by atoms with Crippen molar-refractivity contribution in [3.05, 3.63) is 12.2 Å². The van der Waals surface area contributed by atoms with Crippen LogP contribution < -0.4 is 0 Å². The Morgan fingerprint density at radius 2 is 1.04 bits per heavy atom. The van der Waals surface area contributed by atoms with Gasteiger partial charge in [0.15, 0.2) is 0 Å². The Bertz CT molecular complexity index is 566. The van der Waals surface area contributed by atoms with Gasteiger partial charge in [0.25, 0.3) is 5.67 Å². The Hall–Kier alpha value is -1.56. The predicted octanol–water partition coefficient (Wildman–Crippen LogP) is 4.25. The number of hydrogen-bond acceptors (Lipinski definition) is 2. The van der Waals surface area contributed by atoms with Crippen LogP contribution in [0.4, 0.5) is 48.3 Å². The van der Waals surface area contributed by atoms with E-state index in [0.29, 0.717) is 7.11 Å². The van der Waals surface area contributed by atoms with Crippen LogP contribution in [0.1, 0.15) is 6.92 Å². The molecule has 0 spiro atoms. The van der Waals surface area contributed by atoms with Gasteiger partial charge >= 0.3 is 35.6 Å². The highest BCUT2D eigenvalue weighted by molar-refractivity contribution is 5.88. The molecule has 0 aliphatic heterocycles. The molecule has 0 amide bonds. The minimum Gasteiger partial charge on any atom is -0.466 e. The fourth-order valence-corrected chi connectivity index (χ4v) is 2.34. The van der Waals surface area contributed by atoms with Crippen molar-refractivity contribution in [2.75, 3.05) is 7.11 Å². The molecule has 0 saturated heterocycles. The molecule has 1 rings (SSSR count). The van der Waals surface area contributed by atoms with Crippen LogP contribution in [0.15, 0.2) is 12.2 Å². The van der Waals surface area contributed by atoms with E-state index in [9.17, 15) is 53.1 Å². The number of alkyl halides is 11. The summed E-state index contributed by atoms with van der Waals surface area (Å²) in [6.07, 6.45) is 0. The standard InChI is InChI=1S/C12H9F11O2/c1-4(6(24)25-3)5(2)7(13)8(14,15)10(18,19)12(22,23)11(20,21)9(7,16)17/h5H,1H2,2-3H3. The maximum absolute atomic E-state index is 14.5. The van der Waals surface area contributed by atoms with Crippen molar-refractivity contribution in [2.45, 2.75) is 42.2 Å². The second kappa shape index (κ2) is 5.22. The molecule has 0 radical (unpaired) electrons. The molecule has 25 heavy (non-hydrogen) atoms. The van der Waals surface area contributed by atoms with E-state index in [2.05, 4.69) is 11.3 Å². The molecule has 0 aromatic rings. The number of halogens is 11. The Morgan fingerprint density at radius 1 is 0.760 bits per heavy atom. The van der Waals surface area contributed by atoms with Gasteiger partial charge < -0.3 is 4.74 Å². The highest BCUT2D eigenvalue weighted by Crippen LogP contribution is 2.71. The lowest BCUT2D eigenvalue weighted by Gasteiger charge is -2.54. The monoisotopic (exact) mass is 394 g/mol. The Morgan fingerprint density at radius 3 is 1.32 bits per heavy atom. The number of hydrogen-bond donors (Lipinski definition) is 0. The van der Waals surface area contributed by atoms with Crippen LogP contribution >= 0.6 is 0 Å². The molecule has 1 aliphatic carbocycles. The van der Waals surface area contributed by atoms with Gasteiger partial charge in [-0.05, 0) is 0 Å². The third-order valence-corrected chi connectivity index (χ3v) is 4.06. The van der Waals surface area contributed by atoms with Gasteiger partial charge in [0.1, 0.15) is 0 Å². The van der Waals surface area contributed by atoms with E-state index in [1.165, 1.54) is 0 Å². The summed E-state index contributed by atoms with van der Waals surface area (Å²) >= 11 is 0. The summed E-state index contributed by atoms with van der Waals surface area (Å²) in [5, 5.41) is 0. The van der Waals surface area contributed by atoms with E-state index in [1.54, 1.807) is 0 Å². The summed E-state index contributed by atoms with van der Waals surface area (Å²) < 4.78 is 153. The van der Waals surface area contributed by atoms with Crippen molar-refractivity contribution in [1.82, 2.24) is 0 Å². The molecular formula is C12H9F11O2. The van der Waals surface area contributed by atoms with E-state index >= 15 is 0 Å². The highest BCUT2D eigenvalue weighted by Gasteiger charge is 3.01. The molecule has 1 atom stereocenters. The second-order valence-electron chi connectivity index (χ2n) is 5.32. The molecule has 146 valence electrons. The Labute approximate surface area is 132 Å². The number of carbonyl (C=O) groups is 1. The van der Waals surface area contributed by atoms with Crippen LogP contribution in [0.25, 0.3) is 0 Å². The number of methoxy groups -OCH3 is 1. The van der Waals surface area contributed by atoms with Crippen LogP contribution in [-0.4, -0.2) is 48.4 Å². The number of ether oxygens (including phenoxy) is 1. The minimum absolute atomic E-state index is 0.0866. The minimum atomic E-state index is -7.30. The van der Waals surface area contributed by atoms with Crippen molar-refractivity contribution in [3.63, 3.8) is 0 Å². The molecule has 0 aromatic heterocycles. The van der Waals surface area contributed by atoms with Crippen LogP contribution in [0, 0.1) is 5.92 Å². The van der Waals surface area contributed by atoms with Crippen molar-refractivity contribution in [1.29, 1.82) is 0 Å². The summed E-state index contributed by atoms with van der Waals surface area (Å²) in [7, 11) is 0.527. The van der Waals surface area contributed by atoms with Crippen LogP contribution in [-0.2, 0) is 9.53 Å². The van der Waals surface area contributed by atoms with E-state index in [1.807, 2.05) is 0 Å². The molecule has 1 fully saturated rings. The van der Waals surface area contributed by atoms with E-state index in [4.69, 9.17) is 0 Å². The Balaban J connectivity index is 3.84. The number of rotatable bonds is 3. The van der Waals surface area contributed by atoms with Crippen LogP contribution in [0.5, 0.6) is 0 Å². The summed E-state index contributed by atoms with van der Waals surface area (Å²) in [5.74, 6) is -41.1. The zero-order valence-corrected chi connectivity index (χ0v) is 12.3. The fourth-order valence-electron chi connectivity index (χ4n) is 2.34. The predicted molar refractivity (Wildman–Crippen MR) is 58.9 cm³/mol. The first-order valence-corrected chi connectivity index (χ1v) is 6.15. The van der Waals surface area contributed by atoms with E-state index in [-0.39, 0.29) is 6.92 Å². The fraction of sp³-hybridized carbons (Fsp3) is 0.750. The van der Waals surface area contributed by atoms with Gasteiger partial charge in [0.05, 0.1) is 7.11 Å². The quantitative estimate of drug-likeness (QED) is 0.407. The van der Waals surface area contributed by atoms with E-state index < -0.39 is 52.7 Å². The normalized spacial score (nSPS) is 28.7. The van der Waals surface area contributed by atoms with E-state index in [0.717, 1.165) is 0 Å². The molecule has 0 aromatic carbocycles.